The summed E-state index contributed by atoms with van der Waals surface area (Å²) in [4.78, 5) is 0. The first-order valence-electron chi connectivity index (χ1n) is 5.59. The Labute approximate surface area is 96.7 Å². The van der Waals surface area contributed by atoms with Gasteiger partial charge >= 0.3 is 0 Å². The number of hydrogen-bond donors (Lipinski definition) is 2. The molecular formula is C13H18N2O. The monoisotopic (exact) mass is 218 g/mol. The standard InChI is InChI=1S/C13H18N2O/c1-11(12-6-3-2-4-7-12)15-13(10-14)8-5-9-16/h2-4,6-7,11,13,15-16H,5,8-9H2,1H3/t11-,13-/m1/s1. The summed E-state index contributed by atoms with van der Waals surface area (Å²) in [6.45, 7) is 2.18. The van der Waals surface area contributed by atoms with Crippen LogP contribution in [-0.4, -0.2) is 17.8 Å². The van der Waals surface area contributed by atoms with Gasteiger partial charge in [-0.05, 0) is 25.3 Å². The van der Waals surface area contributed by atoms with Crippen LogP contribution in [0.25, 0.3) is 0 Å². The number of nitrogens with one attached hydrogen (secondary N) is 1. The summed E-state index contributed by atoms with van der Waals surface area (Å²) < 4.78 is 0. The van der Waals surface area contributed by atoms with Crippen LogP contribution in [0.5, 0.6) is 0 Å². The number of aliphatic hydroxyl groups excluding tert-OH is 1. The average Bonchev–Trinajstić information content (AvgIpc) is 2.35. The first-order valence-corrected chi connectivity index (χ1v) is 5.59. The van der Waals surface area contributed by atoms with Gasteiger partial charge in [-0.2, -0.15) is 5.26 Å². The van der Waals surface area contributed by atoms with E-state index >= 15 is 0 Å². The van der Waals surface area contributed by atoms with Crippen LogP contribution >= 0.6 is 0 Å². The largest absolute Gasteiger partial charge is 0.396 e. The number of nitrogens with zero attached hydrogens (tertiary/aromatic N) is 1. The zero-order valence-electron chi connectivity index (χ0n) is 9.56. The third-order valence-electron chi connectivity index (χ3n) is 2.56. The second kappa shape index (κ2) is 7.00. The molecule has 0 radical (unpaired) electrons. The maximum atomic E-state index is 8.95. The molecule has 16 heavy (non-hydrogen) atoms. The molecule has 0 aliphatic heterocycles. The number of hydrogen-bond acceptors (Lipinski definition) is 3. The number of rotatable bonds is 6. The molecular weight excluding hydrogens is 200 g/mol. The van der Waals surface area contributed by atoms with Gasteiger partial charge in [0.2, 0.25) is 0 Å². The Morgan fingerprint density at radius 3 is 2.62 bits per heavy atom. The predicted octanol–water partition coefficient (Wildman–Crippen LogP) is 2.00. The first-order chi connectivity index (χ1) is 7.77. The highest BCUT2D eigenvalue weighted by Crippen LogP contribution is 2.12. The second-order valence-corrected chi connectivity index (χ2v) is 3.85. The van der Waals surface area contributed by atoms with E-state index in [4.69, 9.17) is 10.4 Å². The topological polar surface area (TPSA) is 56.0 Å². The summed E-state index contributed by atoms with van der Waals surface area (Å²) in [6, 6.07) is 12.2. The lowest BCUT2D eigenvalue weighted by Crippen LogP contribution is -2.30. The van der Waals surface area contributed by atoms with Crippen molar-refractivity contribution < 1.29 is 5.11 Å². The molecule has 1 rings (SSSR count). The summed E-state index contributed by atoms with van der Waals surface area (Å²) in [5.74, 6) is 0. The van der Waals surface area contributed by atoms with Crippen molar-refractivity contribution in [3.63, 3.8) is 0 Å². The molecule has 2 atom stereocenters. The lowest BCUT2D eigenvalue weighted by molar-refractivity contribution is 0.278. The Kier molecular flexibility index (Phi) is 5.55. The third kappa shape index (κ3) is 4.01. The molecule has 0 bridgehead atoms. The lowest BCUT2D eigenvalue weighted by Gasteiger charge is -2.18. The van der Waals surface area contributed by atoms with Gasteiger partial charge in [-0.15, -0.1) is 0 Å². The molecule has 0 saturated heterocycles. The summed E-state index contributed by atoms with van der Waals surface area (Å²) in [5.41, 5.74) is 1.17. The van der Waals surface area contributed by atoms with Crippen molar-refractivity contribution in [1.82, 2.24) is 5.32 Å². The highest BCUT2D eigenvalue weighted by atomic mass is 16.2. The van der Waals surface area contributed by atoms with Crippen LogP contribution in [0.2, 0.25) is 0 Å². The van der Waals surface area contributed by atoms with Gasteiger partial charge in [0.05, 0.1) is 12.1 Å². The molecule has 0 aliphatic rings. The molecule has 0 amide bonds. The van der Waals surface area contributed by atoms with Gasteiger partial charge in [0.15, 0.2) is 0 Å². The lowest BCUT2D eigenvalue weighted by atomic mass is 10.1. The molecule has 1 aromatic rings. The second-order valence-electron chi connectivity index (χ2n) is 3.85. The van der Waals surface area contributed by atoms with Crippen molar-refractivity contribution in [1.29, 1.82) is 5.26 Å². The number of aliphatic hydroxyl groups is 1. The van der Waals surface area contributed by atoms with Crippen molar-refractivity contribution >= 4 is 0 Å². The molecule has 2 N–H and O–H groups in total. The minimum Gasteiger partial charge on any atom is -0.396 e. The molecule has 0 heterocycles. The quantitative estimate of drug-likeness (QED) is 0.768. The normalized spacial score (nSPS) is 14.1. The van der Waals surface area contributed by atoms with Crippen molar-refractivity contribution in [2.75, 3.05) is 6.61 Å². The van der Waals surface area contributed by atoms with Crippen LogP contribution in [0, 0.1) is 11.3 Å². The molecule has 0 aromatic heterocycles. The minimum absolute atomic E-state index is 0.138. The van der Waals surface area contributed by atoms with E-state index in [2.05, 4.69) is 11.4 Å². The number of nitriles is 1. The molecule has 86 valence electrons. The molecule has 0 spiro atoms. The van der Waals surface area contributed by atoms with E-state index in [1.54, 1.807) is 0 Å². The zero-order chi connectivity index (χ0) is 11.8. The van der Waals surface area contributed by atoms with Crippen molar-refractivity contribution in [2.45, 2.75) is 31.8 Å². The van der Waals surface area contributed by atoms with Gasteiger partial charge in [0.25, 0.3) is 0 Å². The fourth-order valence-corrected chi connectivity index (χ4v) is 1.62. The minimum atomic E-state index is -0.192. The van der Waals surface area contributed by atoms with Crippen molar-refractivity contribution in [3.05, 3.63) is 35.9 Å². The van der Waals surface area contributed by atoms with E-state index in [-0.39, 0.29) is 18.7 Å². The van der Waals surface area contributed by atoms with Crippen LogP contribution in [0.4, 0.5) is 0 Å². The van der Waals surface area contributed by atoms with Crippen LogP contribution in [0.3, 0.4) is 0 Å². The van der Waals surface area contributed by atoms with E-state index in [0.29, 0.717) is 12.8 Å². The molecule has 3 heteroatoms. The average molecular weight is 218 g/mol. The Morgan fingerprint density at radius 2 is 2.06 bits per heavy atom. The van der Waals surface area contributed by atoms with E-state index in [9.17, 15) is 0 Å². The van der Waals surface area contributed by atoms with E-state index in [1.807, 2.05) is 37.3 Å². The number of benzene rings is 1. The van der Waals surface area contributed by atoms with Crippen LogP contribution in [0.15, 0.2) is 30.3 Å². The van der Waals surface area contributed by atoms with Crippen LogP contribution in [-0.2, 0) is 0 Å². The maximum Gasteiger partial charge on any atom is 0.0958 e. The van der Waals surface area contributed by atoms with Gasteiger partial charge in [-0.3, -0.25) is 5.32 Å². The molecule has 0 aliphatic carbocycles. The van der Waals surface area contributed by atoms with Crippen molar-refractivity contribution in [2.24, 2.45) is 0 Å². The highest BCUT2D eigenvalue weighted by Gasteiger charge is 2.11. The summed E-state index contributed by atoms with van der Waals surface area (Å²) >= 11 is 0. The summed E-state index contributed by atoms with van der Waals surface area (Å²) in [7, 11) is 0. The molecule has 0 unspecified atom stereocenters. The van der Waals surface area contributed by atoms with E-state index in [0.717, 1.165) is 0 Å². The zero-order valence-corrected chi connectivity index (χ0v) is 9.56. The smallest absolute Gasteiger partial charge is 0.0958 e. The first kappa shape index (κ1) is 12.7. The predicted molar refractivity (Wildman–Crippen MR) is 63.7 cm³/mol. The Balaban J connectivity index is 2.50. The van der Waals surface area contributed by atoms with Gasteiger partial charge < -0.3 is 5.11 Å². The Hall–Kier alpha value is -1.37. The molecule has 0 saturated carbocycles. The Morgan fingerprint density at radius 1 is 1.38 bits per heavy atom. The fourth-order valence-electron chi connectivity index (χ4n) is 1.62. The fraction of sp³-hybridized carbons (Fsp3) is 0.462. The van der Waals surface area contributed by atoms with E-state index < -0.39 is 0 Å². The molecule has 0 fully saturated rings. The summed E-state index contributed by atoms with van der Waals surface area (Å²) in [5, 5.41) is 20.9. The molecule has 1 aromatic carbocycles. The molecule has 3 nitrogen and oxygen atoms in total. The Bertz CT molecular complexity index is 332. The highest BCUT2D eigenvalue weighted by molar-refractivity contribution is 5.18. The van der Waals surface area contributed by atoms with Crippen molar-refractivity contribution in [3.8, 4) is 6.07 Å². The van der Waals surface area contributed by atoms with Gasteiger partial charge in [0, 0.05) is 12.6 Å². The SMILES string of the molecule is C[C@@H](N[C@@H](C#N)CCCO)c1ccccc1. The van der Waals surface area contributed by atoms with Gasteiger partial charge in [-0.1, -0.05) is 30.3 Å². The maximum absolute atomic E-state index is 8.95. The summed E-state index contributed by atoms with van der Waals surface area (Å²) in [6.07, 6.45) is 1.34. The van der Waals surface area contributed by atoms with Crippen LogP contribution < -0.4 is 5.32 Å². The third-order valence-corrected chi connectivity index (χ3v) is 2.56. The van der Waals surface area contributed by atoms with Gasteiger partial charge in [0.1, 0.15) is 0 Å². The van der Waals surface area contributed by atoms with E-state index in [1.165, 1.54) is 5.56 Å². The van der Waals surface area contributed by atoms with Gasteiger partial charge in [-0.25, -0.2) is 0 Å². The van der Waals surface area contributed by atoms with Crippen LogP contribution in [0.1, 0.15) is 31.4 Å².